The third-order valence-corrected chi connectivity index (χ3v) is 2.75. The Balaban J connectivity index is 2.35. The Bertz CT molecular complexity index is 760. The predicted molar refractivity (Wildman–Crippen MR) is 65.4 cm³/mol. The molecule has 0 atom stereocenters. The van der Waals surface area contributed by atoms with Crippen LogP contribution in [0.4, 0.5) is 19.1 Å². The molecule has 19 heavy (non-hydrogen) atoms. The fraction of sp³-hybridized carbons (Fsp3) is 0. The molecule has 0 fully saturated rings. The highest BCUT2D eigenvalue weighted by Gasteiger charge is 2.12. The molecule has 6 heteroatoms. The van der Waals surface area contributed by atoms with E-state index < -0.39 is 17.5 Å². The minimum Gasteiger partial charge on any atom is -0.369 e. The molecule has 3 rings (SSSR count). The van der Waals surface area contributed by atoms with Gasteiger partial charge in [0.15, 0.2) is 0 Å². The number of aromatic nitrogens is 2. The molecule has 0 aliphatic heterocycles. The molecular formula is C13H8F3N3. The maximum atomic E-state index is 13.3. The number of anilines is 1. The molecule has 2 N–H and O–H groups in total. The number of imidazole rings is 1. The van der Waals surface area contributed by atoms with E-state index in [1.807, 2.05) is 0 Å². The number of halogens is 3. The second-order valence-corrected chi connectivity index (χ2v) is 4.07. The summed E-state index contributed by atoms with van der Waals surface area (Å²) >= 11 is 0. The fourth-order valence-electron chi connectivity index (χ4n) is 2.01. The number of rotatable bonds is 1. The van der Waals surface area contributed by atoms with Gasteiger partial charge in [0.25, 0.3) is 0 Å². The van der Waals surface area contributed by atoms with Gasteiger partial charge in [-0.25, -0.2) is 18.2 Å². The van der Waals surface area contributed by atoms with E-state index in [0.29, 0.717) is 11.0 Å². The summed E-state index contributed by atoms with van der Waals surface area (Å²) in [6.45, 7) is 0. The minimum atomic E-state index is -0.743. The van der Waals surface area contributed by atoms with Gasteiger partial charge in [-0.05, 0) is 24.3 Å². The molecule has 0 bridgehead atoms. The van der Waals surface area contributed by atoms with Crippen LogP contribution in [0.3, 0.4) is 0 Å². The molecule has 0 aliphatic carbocycles. The van der Waals surface area contributed by atoms with Gasteiger partial charge in [-0.15, -0.1) is 0 Å². The van der Waals surface area contributed by atoms with Crippen LogP contribution in [-0.2, 0) is 0 Å². The summed E-state index contributed by atoms with van der Waals surface area (Å²) in [6, 6.07) is 6.86. The number of hydrogen-bond donors (Lipinski definition) is 1. The molecule has 0 saturated heterocycles. The Morgan fingerprint density at radius 2 is 1.58 bits per heavy atom. The zero-order valence-corrected chi connectivity index (χ0v) is 9.57. The summed E-state index contributed by atoms with van der Waals surface area (Å²) in [4.78, 5) is 4.02. The molecule has 0 radical (unpaired) electrons. The van der Waals surface area contributed by atoms with Crippen molar-refractivity contribution in [3.05, 3.63) is 53.8 Å². The van der Waals surface area contributed by atoms with Gasteiger partial charge in [0.2, 0.25) is 5.95 Å². The van der Waals surface area contributed by atoms with Crippen molar-refractivity contribution in [3.8, 4) is 5.69 Å². The van der Waals surface area contributed by atoms with Crippen LogP contribution in [0, 0.1) is 17.5 Å². The van der Waals surface area contributed by atoms with Gasteiger partial charge in [-0.1, -0.05) is 0 Å². The number of hydrogen-bond acceptors (Lipinski definition) is 2. The van der Waals surface area contributed by atoms with Crippen LogP contribution in [-0.4, -0.2) is 9.55 Å². The Labute approximate surface area is 106 Å². The standard InChI is InChI=1S/C13H8F3N3/c14-7-1-2-11-12(6-7)19(13(17)18-11)10-4-8(15)3-9(16)5-10/h1-6H,(H2,17,18). The maximum Gasteiger partial charge on any atom is 0.205 e. The number of benzene rings is 2. The minimum absolute atomic E-state index is 0.0330. The second kappa shape index (κ2) is 4.01. The Morgan fingerprint density at radius 1 is 0.895 bits per heavy atom. The SMILES string of the molecule is Nc1nc2ccc(F)cc2n1-c1cc(F)cc(F)c1. The normalized spacial score (nSPS) is 11.1. The highest BCUT2D eigenvalue weighted by atomic mass is 19.1. The molecule has 1 heterocycles. The first-order valence-electron chi connectivity index (χ1n) is 5.44. The van der Waals surface area contributed by atoms with Gasteiger partial charge < -0.3 is 5.73 Å². The van der Waals surface area contributed by atoms with Crippen LogP contribution in [0.25, 0.3) is 16.7 Å². The van der Waals surface area contributed by atoms with E-state index in [4.69, 9.17) is 5.73 Å². The topological polar surface area (TPSA) is 43.8 Å². The monoisotopic (exact) mass is 263 g/mol. The molecule has 2 aromatic carbocycles. The van der Waals surface area contributed by atoms with Gasteiger partial charge >= 0.3 is 0 Å². The van der Waals surface area contributed by atoms with Gasteiger partial charge in [-0.3, -0.25) is 4.57 Å². The molecule has 0 unspecified atom stereocenters. The Kier molecular flexibility index (Phi) is 2.45. The first-order valence-corrected chi connectivity index (χ1v) is 5.44. The Morgan fingerprint density at radius 3 is 2.26 bits per heavy atom. The van der Waals surface area contributed by atoms with Crippen molar-refractivity contribution >= 4 is 17.0 Å². The third kappa shape index (κ3) is 1.91. The van der Waals surface area contributed by atoms with E-state index in [1.54, 1.807) is 0 Å². The van der Waals surface area contributed by atoms with Crippen LogP contribution >= 0.6 is 0 Å². The van der Waals surface area contributed by atoms with Crippen molar-refractivity contribution in [2.45, 2.75) is 0 Å². The molecule has 1 aromatic heterocycles. The van der Waals surface area contributed by atoms with Crippen molar-refractivity contribution in [1.29, 1.82) is 0 Å². The molecule has 96 valence electrons. The largest absolute Gasteiger partial charge is 0.369 e. The third-order valence-electron chi connectivity index (χ3n) is 2.75. The Hall–Kier alpha value is -2.50. The summed E-state index contributed by atoms with van der Waals surface area (Å²) in [5, 5.41) is 0. The molecule has 0 amide bonds. The smallest absolute Gasteiger partial charge is 0.205 e. The maximum absolute atomic E-state index is 13.3. The highest BCUT2D eigenvalue weighted by Crippen LogP contribution is 2.24. The first kappa shape index (κ1) is 11.6. The zero-order valence-electron chi connectivity index (χ0n) is 9.57. The van der Waals surface area contributed by atoms with Gasteiger partial charge in [0, 0.05) is 12.1 Å². The highest BCUT2D eigenvalue weighted by molar-refractivity contribution is 5.80. The van der Waals surface area contributed by atoms with Crippen molar-refractivity contribution < 1.29 is 13.2 Å². The quantitative estimate of drug-likeness (QED) is 0.733. The van der Waals surface area contributed by atoms with Crippen LogP contribution in [0.15, 0.2) is 36.4 Å². The van der Waals surface area contributed by atoms with E-state index >= 15 is 0 Å². The molecular weight excluding hydrogens is 255 g/mol. The lowest BCUT2D eigenvalue weighted by Crippen LogP contribution is -2.01. The van der Waals surface area contributed by atoms with Crippen LogP contribution in [0.1, 0.15) is 0 Å². The van der Waals surface area contributed by atoms with Gasteiger partial charge in [-0.2, -0.15) is 0 Å². The fourth-order valence-corrected chi connectivity index (χ4v) is 2.01. The summed E-state index contributed by atoms with van der Waals surface area (Å²) in [6.07, 6.45) is 0. The average molecular weight is 263 g/mol. The molecule has 3 aromatic rings. The van der Waals surface area contributed by atoms with Crippen molar-refractivity contribution in [1.82, 2.24) is 9.55 Å². The van der Waals surface area contributed by atoms with E-state index in [9.17, 15) is 13.2 Å². The van der Waals surface area contributed by atoms with Gasteiger partial charge in [0.1, 0.15) is 17.5 Å². The zero-order chi connectivity index (χ0) is 13.6. The van der Waals surface area contributed by atoms with Crippen LogP contribution in [0.2, 0.25) is 0 Å². The van der Waals surface area contributed by atoms with E-state index in [1.165, 1.54) is 22.8 Å². The first-order chi connectivity index (χ1) is 9.04. The van der Waals surface area contributed by atoms with Crippen LogP contribution < -0.4 is 5.73 Å². The predicted octanol–water partition coefficient (Wildman–Crippen LogP) is 3.03. The number of nitrogens with zero attached hydrogens (tertiary/aromatic N) is 2. The van der Waals surface area contributed by atoms with Crippen LogP contribution in [0.5, 0.6) is 0 Å². The summed E-state index contributed by atoms with van der Waals surface area (Å²) in [5.41, 5.74) is 6.67. The molecule has 3 nitrogen and oxygen atoms in total. The van der Waals surface area contributed by atoms with Gasteiger partial charge in [0.05, 0.1) is 16.7 Å². The van der Waals surface area contributed by atoms with E-state index in [-0.39, 0.29) is 11.6 Å². The lowest BCUT2D eigenvalue weighted by Gasteiger charge is -2.07. The van der Waals surface area contributed by atoms with Crippen molar-refractivity contribution in [2.24, 2.45) is 0 Å². The second-order valence-electron chi connectivity index (χ2n) is 4.07. The molecule has 0 aliphatic rings. The average Bonchev–Trinajstić information content (AvgIpc) is 2.63. The summed E-state index contributed by atoms with van der Waals surface area (Å²) in [5.74, 6) is -1.93. The summed E-state index contributed by atoms with van der Waals surface area (Å²) in [7, 11) is 0. The summed E-state index contributed by atoms with van der Waals surface area (Å²) < 4.78 is 41.1. The van der Waals surface area contributed by atoms with E-state index in [0.717, 1.165) is 18.2 Å². The lowest BCUT2D eigenvalue weighted by molar-refractivity contribution is 0.582. The van der Waals surface area contributed by atoms with Crippen molar-refractivity contribution in [2.75, 3.05) is 5.73 Å². The van der Waals surface area contributed by atoms with E-state index in [2.05, 4.69) is 4.98 Å². The lowest BCUT2D eigenvalue weighted by atomic mass is 10.2. The number of nitrogen functional groups attached to an aromatic ring is 1. The number of fused-ring (bicyclic) bond motifs is 1. The molecule has 0 spiro atoms. The molecule has 0 saturated carbocycles. The van der Waals surface area contributed by atoms with Crippen molar-refractivity contribution in [3.63, 3.8) is 0 Å². The number of nitrogens with two attached hydrogens (primary N) is 1.